The monoisotopic (exact) mass is 301 g/mol. The van der Waals surface area contributed by atoms with Gasteiger partial charge in [-0.2, -0.15) is 0 Å². The number of carbonyl (C=O) groups excluding carboxylic acids is 1. The number of aromatic nitrogens is 3. The number of alkyl halides is 1. The summed E-state index contributed by atoms with van der Waals surface area (Å²) in [4.78, 5) is 26.0. The van der Waals surface area contributed by atoms with E-state index in [4.69, 9.17) is 0 Å². The highest BCUT2D eigenvalue weighted by Gasteiger charge is 2.45. The molecule has 1 saturated heterocycles. The summed E-state index contributed by atoms with van der Waals surface area (Å²) in [6.07, 6.45) is 4.65. The van der Waals surface area contributed by atoms with Crippen LogP contribution >= 0.6 is 0 Å². The third kappa shape index (κ3) is 2.88. The van der Waals surface area contributed by atoms with E-state index in [9.17, 15) is 9.18 Å². The molecule has 0 radical (unpaired) electrons. The molecule has 3 heterocycles. The highest BCUT2D eigenvalue weighted by molar-refractivity contribution is 5.98. The molecule has 1 aliphatic rings. The second kappa shape index (κ2) is 5.67. The predicted molar refractivity (Wildman–Crippen MR) is 80.3 cm³/mol. The van der Waals surface area contributed by atoms with Crippen LogP contribution in [0.4, 0.5) is 15.9 Å². The number of pyridine rings is 1. The topological polar surface area (TPSA) is 71.0 Å². The van der Waals surface area contributed by atoms with Crippen LogP contribution in [-0.2, 0) is 4.79 Å². The van der Waals surface area contributed by atoms with Gasteiger partial charge in [0.15, 0.2) is 0 Å². The van der Waals surface area contributed by atoms with E-state index < -0.39 is 11.6 Å². The van der Waals surface area contributed by atoms with E-state index in [1.54, 1.807) is 29.3 Å². The Morgan fingerprint density at radius 2 is 2.32 bits per heavy atom. The van der Waals surface area contributed by atoms with Gasteiger partial charge in [-0.1, -0.05) is 0 Å². The molecule has 22 heavy (non-hydrogen) atoms. The van der Waals surface area contributed by atoms with E-state index in [0.29, 0.717) is 18.1 Å². The average molecular weight is 301 g/mol. The number of anilines is 2. The second-order valence-corrected chi connectivity index (χ2v) is 5.35. The van der Waals surface area contributed by atoms with Crippen LogP contribution in [0.3, 0.4) is 0 Å². The van der Waals surface area contributed by atoms with Crippen LogP contribution in [0.25, 0.3) is 0 Å². The van der Waals surface area contributed by atoms with Crippen molar-refractivity contribution in [1.29, 1.82) is 0 Å². The highest BCUT2D eigenvalue weighted by atomic mass is 19.1. The molecule has 1 amide bonds. The molecule has 3 rings (SSSR count). The molecule has 1 aliphatic heterocycles. The standard InChI is InChI=1S/C15H16FN5O/c1-11-7-13(19-10-18-11)21-6-4-15(16,9-21)14(22)20-12-3-2-5-17-8-12/h2-3,5,7-8,10H,4,6,9H2,1H3,(H,20,22). The fourth-order valence-corrected chi connectivity index (χ4v) is 2.45. The number of nitrogens with zero attached hydrogens (tertiary/aromatic N) is 4. The zero-order chi connectivity index (χ0) is 15.6. The van der Waals surface area contributed by atoms with Gasteiger partial charge in [0.1, 0.15) is 12.1 Å². The number of hydrogen-bond donors (Lipinski definition) is 1. The molecule has 0 aliphatic carbocycles. The van der Waals surface area contributed by atoms with Crippen molar-refractivity contribution in [3.8, 4) is 0 Å². The molecule has 0 bridgehead atoms. The van der Waals surface area contributed by atoms with Gasteiger partial charge >= 0.3 is 0 Å². The molecule has 0 aromatic carbocycles. The van der Waals surface area contributed by atoms with Crippen LogP contribution in [0.5, 0.6) is 0 Å². The van der Waals surface area contributed by atoms with Crippen molar-refractivity contribution >= 4 is 17.4 Å². The fourth-order valence-electron chi connectivity index (χ4n) is 2.45. The molecular weight excluding hydrogens is 285 g/mol. The molecule has 114 valence electrons. The van der Waals surface area contributed by atoms with Gasteiger partial charge in [-0.3, -0.25) is 9.78 Å². The lowest BCUT2D eigenvalue weighted by Crippen LogP contribution is -2.41. The van der Waals surface area contributed by atoms with Crippen molar-refractivity contribution in [3.63, 3.8) is 0 Å². The highest BCUT2D eigenvalue weighted by Crippen LogP contribution is 2.30. The molecule has 1 fully saturated rings. The van der Waals surface area contributed by atoms with Gasteiger partial charge in [0, 0.05) is 30.9 Å². The van der Waals surface area contributed by atoms with Crippen LogP contribution in [-0.4, -0.2) is 39.6 Å². The molecule has 2 aromatic heterocycles. The lowest BCUT2D eigenvalue weighted by molar-refractivity contribution is -0.126. The molecule has 0 spiro atoms. The van der Waals surface area contributed by atoms with Gasteiger partial charge in [0.2, 0.25) is 5.67 Å². The number of nitrogens with one attached hydrogen (secondary N) is 1. The van der Waals surface area contributed by atoms with E-state index in [1.807, 2.05) is 6.92 Å². The van der Waals surface area contributed by atoms with Gasteiger partial charge in [-0.15, -0.1) is 0 Å². The molecule has 7 heteroatoms. The predicted octanol–water partition coefficient (Wildman–Crippen LogP) is 1.74. The SMILES string of the molecule is Cc1cc(N2CCC(F)(C(=O)Nc3cccnc3)C2)ncn1. The van der Waals surface area contributed by atoms with E-state index in [-0.39, 0.29) is 13.0 Å². The van der Waals surface area contributed by atoms with E-state index >= 15 is 0 Å². The first kappa shape index (κ1) is 14.4. The first-order valence-electron chi connectivity index (χ1n) is 7.01. The Kier molecular flexibility index (Phi) is 3.70. The maximum atomic E-state index is 14.9. The van der Waals surface area contributed by atoms with Gasteiger partial charge < -0.3 is 10.2 Å². The third-order valence-corrected chi connectivity index (χ3v) is 3.66. The first-order valence-corrected chi connectivity index (χ1v) is 7.01. The second-order valence-electron chi connectivity index (χ2n) is 5.35. The average Bonchev–Trinajstić information content (AvgIpc) is 2.92. The summed E-state index contributed by atoms with van der Waals surface area (Å²) < 4.78 is 14.9. The van der Waals surface area contributed by atoms with Gasteiger partial charge in [-0.25, -0.2) is 14.4 Å². The van der Waals surface area contributed by atoms with Crippen LogP contribution in [0.1, 0.15) is 12.1 Å². The Bertz CT molecular complexity index is 681. The molecular formula is C15H16FN5O. The summed E-state index contributed by atoms with van der Waals surface area (Å²) in [5.74, 6) is -0.00465. The first-order chi connectivity index (χ1) is 10.6. The number of amides is 1. The summed E-state index contributed by atoms with van der Waals surface area (Å²) >= 11 is 0. The van der Waals surface area contributed by atoms with Crippen LogP contribution in [0.15, 0.2) is 36.9 Å². The number of rotatable bonds is 3. The molecule has 1 N–H and O–H groups in total. The number of hydrogen-bond acceptors (Lipinski definition) is 5. The zero-order valence-electron chi connectivity index (χ0n) is 12.2. The van der Waals surface area contributed by atoms with E-state index in [2.05, 4.69) is 20.3 Å². The number of aryl methyl sites for hydroxylation is 1. The normalized spacial score (nSPS) is 20.9. The Balaban J connectivity index is 1.71. The smallest absolute Gasteiger partial charge is 0.264 e. The fraction of sp³-hybridized carbons (Fsp3) is 0.333. The maximum absolute atomic E-state index is 14.9. The van der Waals surface area contributed by atoms with Crippen molar-refractivity contribution in [2.75, 3.05) is 23.3 Å². The number of halogens is 1. The third-order valence-electron chi connectivity index (χ3n) is 3.66. The lowest BCUT2D eigenvalue weighted by Gasteiger charge is -2.21. The summed E-state index contributed by atoms with van der Waals surface area (Å²) in [7, 11) is 0. The van der Waals surface area contributed by atoms with E-state index in [1.165, 1.54) is 12.5 Å². The van der Waals surface area contributed by atoms with Crippen LogP contribution in [0.2, 0.25) is 0 Å². The molecule has 2 aromatic rings. The molecule has 0 saturated carbocycles. The molecule has 1 unspecified atom stereocenters. The molecule has 1 atom stereocenters. The van der Waals surface area contributed by atoms with Crippen LogP contribution in [0, 0.1) is 6.92 Å². The van der Waals surface area contributed by atoms with E-state index in [0.717, 1.165) is 5.69 Å². The van der Waals surface area contributed by atoms with Gasteiger partial charge in [-0.05, 0) is 19.1 Å². The minimum atomic E-state index is -1.94. The van der Waals surface area contributed by atoms with Crippen molar-refractivity contribution in [1.82, 2.24) is 15.0 Å². The maximum Gasteiger partial charge on any atom is 0.264 e. The molecule has 6 nitrogen and oxygen atoms in total. The number of carbonyl (C=O) groups is 1. The summed E-state index contributed by atoms with van der Waals surface area (Å²) in [6, 6.07) is 5.14. The largest absolute Gasteiger partial charge is 0.353 e. The van der Waals surface area contributed by atoms with Crippen molar-refractivity contribution in [2.45, 2.75) is 19.0 Å². The zero-order valence-corrected chi connectivity index (χ0v) is 12.2. The van der Waals surface area contributed by atoms with Crippen molar-refractivity contribution in [3.05, 3.63) is 42.6 Å². The minimum absolute atomic E-state index is 0.0183. The van der Waals surface area contributed by atoms with Gasteiger partial charge in [0.05, 0.1) is 18.4 Å². The Morgan fingerprint density at radius 1 is 1.45 bits per heavy atom. The lowest BCUT2D eigenvalue weighted by atomic mass is 10.0. The Hall–Kier alpha value is -2.57. The Morgan fingerprint density at radius 3 is 3.05 bits per heavy atom. The summed E-state index contributed by atoms with van der Waals surface area (Å²) in [6.45, 7) is 2.27. The van der Waals surface area contributed by atoms with Crippen molar-refractivity contribution < 1.29 is 9.18 Å². The quantitative estimate of drug-likeness (QED) is 0.935. The van der Waals surface area contributed by atoms with Crippen molar-refractivity contribution in [2.24, 2.45) is 0 Å². The summed E-state index contributed by atoms with van der Waals surface area (Å²) in [5.41, 5.74) is -0.642. The summed E-state index contributed by atoms with van der Waals surface area (Å²) in [5, 5.41) is 2.57. The minimum Gasteiger partial charge on any atom is -0.353 e. The van der Waals surface area contributed by atoms with Crippen LogP contribution < -0.4 is 10.2 Å². The Labute approximate surface area is 127 Å². The van der Waals surface area contributed by atoms with Gasteiger partial charge in [0.25, 0.3) is 5.91 Å².